The van der Waals surface area contributed by atoms with E-state index >= 15 is 0 Å². The molecule has 0 fully saturated rings. The number of rotatable bonds is 14. The van der Waals surface area contributed by atoms with Gasteiger partial charge in [0.25, 0.3) is 0 Å². The van der Waals surface area contributed by atoms with Crippen LogP contribution in [0.25, 0.3) is 0 Å². The molecular formula is C30H42O. The fraction of sp³-hybridized carbons (Fsp3) is 0.533. The van der Waals surface area contributed by atoms with E-state index in [4.69, 9.17) is 4.74 Å². The quantitative estimate of drug-likeness (QED) is 0.220. The molecular weight excluding hydrogens is 376 g/mol. The summed E-state index contributed by atoms with van der Waals surface area (Å²) in [5.41, 5.74) is 3.53. The summed E-state index contributed by atoms with van der Waals surface area (Å²) in [7, 11) is 0. The van der Waals surface area contributed by atoms with Crippen molar-refractivity contribution < 1.29 is 4.74 Å². The molecule has 0 aliphatic rings. The van der Waals surface area contributed by atoms with Gasteiger partial charge in [0.05, 0.1) is 6.61 Å². The number of unbranched alkanes of at least 4 members (excludes halogenated alkanes) is 7. The Morgan fingerprint density at radius 2 is 1.26 bits per heavy atom. The van der Waals surface area contributed by atoms with Gasteiger partial charge >= 0.3 is 0 Å². The summed E-state index contributed by atoms with van der Waals surface area (Å²) in [4.78, 5) is 0. The number of hydrogen-bond donors (Lipinski definition) is 0. The number of hydrogen-bond acceptors (Lipinski definition) is 1. The average molecular weight is 419 g/mol. The Hall–Kier alpha value is -2.20. The summed E-state index contributed by atoms with van der Waals surface area (Å²) in [6, 6.07) is 16.9. The molecule has 0 aliphatic carbocycles. The Kier molecular flexibility index (Phi) is 12.6. The number of benzene rings is 2. The molecule has 31 heavy (non-hydrogen) atoms. The largest absolute Gasteiger partial charge is 0.494 e. The van der Waals surface area contributed by atoms with Crippen LogP contribution >= 0.6 is 0 Å². The normalized spacial score (nSPS) is 10.7. The van der Waals surface area contributed by atoms with Crippen molar-refractivity contribution in [1.82, 2.24) is 0 Å². The van der Waals surface area contributed by atoms with Gasteiger partial charge in [0, 0.05) is 11.1 Å². The summed E-state index contributed by atoms with van der Waals surface area (Å²) in [5.74, 6) is 8.26. The second kappa shape index (κ2) is 15.6. The second-order valence-corrected chi connectivity index (χ2v) is 9.08. The lowest BCUT2D eigenvalue weighted by Crippen LogP contribution is -1.98. The summed E-state index contributed by atoms with van der Waals surface area (Å²) in [5, 5.41) is 0. The molecule has 168 valence electrons. The van der Waals surface area contributed by atoms with E-state index in [9.17, 15) is 0 Å². The zero-order valence-electron chi connectivity index (χ0n) is 20.1. The highest BCUT2D eigenvalue weighted by molar-refractivity contribution is 5.44. The molecule has 0 bridgehead atoms. The third-order valence-electron chi connectivity index (χ3n) is 5.67. The van der Waals surface area contributed by atoms with Gasteiger partial charge in [-0.15, -0.1) is 0 Å². The van der Waals surface area contributed by atoms with Crippen LogP contribution in [0.3, 0.4) is 0 Å². The Bertz CT molecular complexity index is 759. The molecule has 0 aliphatic heterocycles. The first kappa shape index (κ1) is 25.1. The zero-order chi connectivity index (χ0) is 22.2. The first-order valence-corrected chi connectivity index (χ1v) is 12.5. The standard InChI is InChI=1S/C30H42O/c1-4-5-6-7-8-9-10-14-27-15-17-28(18-16-27)19-20-29-21-23-30(24-22-29)31-25-12-11-13-26(2)3/h15-18,21-24,26H,4-14,25H2,1-3H3. The van der Waals surface area contributed by atoms with E-state index in [0.717, 1.165) is 35.8 Å². The van der Waals surface area contributed by atoms with Crippen LogP contribution in [0.5, 0.6) is 5.75 Å². The van der Waals surface area contributed by atoms with Crippen molar-refractivity contribution in [1.29, 1.82) is 0 Å². The molecule has 0 saturated carbocycles. The van der Waals surface area contributed by atoms with Gasteiger partial charge in [0.1, 0.15) is 5.75 Å². The lowest BCUT2D eigenvalue weighted by molar-refractivity contribution is 0.301. The first-order chi connectivity index (χ1) is 15.2. The number of ether oxygens (including phenoxy) is 1. The molecule has 0 spiro atoms. The Balaban J connectivity index is 1.69. The van der Waals surface area contributed by atoms with E-state index in [-0.39, 0.29) is 0 Å². The van der Waals surface area contributed by atoms with Crippen LogP contribution in [-0.4, -0.2) is 6.61 Å². The lowest BCUT2D eigenvalue weighted by Gasteiger charge is -2.07. The highest BCUT2D eigenvalue weighted by Gasteiger charge is 1.98. The van der Waals surface area contributed by atoms with E-state index in [2.05, 4.69) is 56.9 Å². The minimum Gasteiger partial charge on any atom is -0.494 e. The minimum atomic E-state index is 0.777. The van der Waals surface area contributed by atoms with Crippen LogP contribution in [0.4, 0.5) is 0 Å². The van der Waals surface area contributed by atoms with Gasteiger partial charge in [0.2, 0.25) is 0 Å². The fourth-order valence-corrected chi connectivity index (χ4v) is 3.66. The molecule has 1 heteroatoms. The van der Waals surface area contributed by atoms with E-state index in [0.29, 0.717) is 0 Å². The highest BCUT2D eigenvalue weighted by Crippen LogP contribution is 2.14. The Labute approximate surface area is 191 Å². The van der Waals surface area contributed by atoms with Crippen molar-refractivity contribution in [2.75, 3.05) is 6.61 Å². The maximum atomic E-state index is 5.84. The van der Waals surface area contributed by atoms with Crippen molar-refractivity contribution in [3.63, 3.8) is 0 Å². The minimum absolute atomic E-state index is 0.777. The average Bonchev–Trinajstić information content (AvgIpc) is 2.78. The third kappa shape index (κ3) is 11.7. The Morgan fingerprint density at radius 3 is 1.87 bits per heavy atom. The molecule has 0 saturated heterocycles. The van der Waals surface area contributed by atoms with Gasteiger partial charge in [0.15, 0.2) is 0 Å². The maximum absolute atomic E-state index is 5.84. The zero-order valence-corrected chi connectivity index (χ0v) is 20.1. The van der Waals surface area contributed by atoms with Crippen LogP contribution in [0, 0.1) is 17.8 Å². The Morgan fingerprint density at radius 1 is 0.677 bits per heavy atom. The molecule has 0 heterocycles. The summed E-state index contributed by atoms with van der Waals surface area (Å²) in [6.45, 7) is 7.61. The molecule has 0 amide bonds. The predicted molar refractivity (Wildman–Crippen MR) is 135 cm³/mol. The molecule has 0 aromatic heterocycles. The molecule has 1 nitrogen and oxygen atoms in total. The predicted octanol–water partition coefficient (Wildman–Crippen LogP) is 8.58. The SMILES string of the molecule is CCCCCCCCCc1ccc(C#Cc2ccc(OCCCCC(C)C)cc2)cc1. The smallest absolute Gasteiger partial charge is 0.119 e. The van der Waals surface area contributed by atoms with Crippen LogP contribution in [0.15, 0.2) is 48.5 Å². The van der Waals surface area contributed by atoms with Gasteiger partial charge in [-0.05, 0) is 73.6 Å². The maximum Gasteiger partial charge on any atom is 0.119 e. The van der Waals surface area contributed by atoms with Crippen molar-refractivity contribution in [3.8, 4) is 17.6 Å². The summed E-state index contributed by atoms with van der Waals surface area (Å²) < 4.78 is 5.84. The van der Waals surface area contributed by atoms with E-state index in [1.165, 1.54) is 69.8 Å². The highest BCUT2D eigenvalue weighted by atomic mass is 16.5. The van der Waals surface area contributed by atoms with Crippen LogP contribution in [-0.2, 0) is 6.42 Å². The van der Waals surface area contributed by atoms with E-state index in [1.807, 2.05) is 24.3 Å². The summed E-state index contributed by atoms with van der Waals surface area (Å²) >= 11 is 0. The van der Waals surface area contributed by atoms with Crippen molar-refractivity contribution in [2.45, 2.75) is 91.4 Å². The molecule has 0 unspecified atom stereocenters. The van der Waals surface area contributed by atoms with Gasteiger partial charge in [-0.1, -0.05) is 89.7 Å². The van der Waals surface area contributed by atoms with Crippen molar-refractivity contribution in [3.05, 3.63) is 65.2 Å². The monoisotopic (exact) mass is 418 g/mol. The molecule has 0 N–H and O–H groups in total. The van der Waals surface area contributed by atoms with Gasteiger partial charge in [-0.3, -0.25) is 0 Å². The fourth-order valence-electron chi connectivity index (χ4n) is 3.66. The van der Waals surface area contributed by atoms with Crippen LogP contribution in [0.2, 0.25) is 0 Å². The molecule has 0 radical (unpaired) electrons. The lowest BCUT2D eigenvalue weighted by atomic mass is 10.0. The van der Waals surface area contributed by atoms with Crippen molar-refractivity contribution >= 4 is 0 Å². The molecule has 0 atom stereocenters. The van der Waals surface area contributed by atoms with Gasteiger partial charge in [-0.2, -0.15) is 0 Å². The van der Waals surface area contributed by atoms with Crippen molar-refractivity contribution in [2.24, 2.45) is 5.92 Å². The van der Waals surface area contributed by atoms with Crippen LogP contribution in [0.1, 0.15) is 102 Å². The van der Waals surface area contributed by atoms with Gasteiger partial charge < -0.3 is 4.74 Å². The number of aryl methyl sites for hydroxylation is 1. The third-order valence-corrected chi connectivity index (χ3v) is 5.67. The van der Waals surface area contributed by atoms with E-state index < -0.39 is 0 Å². The van der Waals surface area contributed by atoms with E-state index in [1.54, 1.807) is 0 Å². The molecule has 2 aromatic rings. The molecule has 2 rings (SSSR count). The van der Waals surface area contributed by atoms with Crippen LogP contribution < -0.4 is 4.74 Å². The first-order valence-electron chi connectivity index (χ1n) is 12.5. The summed E-state index contributed by atoms with van der Waals surface area (Å²) in [6.07, 6.45) is 14.3. The topological polar surface area (TPSA) is 9.23 Å². The molecule has 2 aromatic carbocycles. The van der Waals surface area contributed by atoms with Gasteiger partial charge in [-0.25, -0.2) is 0 Å². The second-order valence-electron chi connectivity index (χ2n) is 9.08.